The molecular weight excluding hydrogens is 956 g/mol. The molecular formula is C55H40N6OPt. The molecule has 11 rings (SSSR count). The van der Waals surface area contributed by atoms with Gasteiger partial charge in [0, 0.05) is 43.9 Å². The van der Waals surface area contributed by atoms with E-state index >= 15 is 0 Å². The summed E-state index contributed by atoms with van der Waals surface area (Å²) in [6.07, 6.45) is 5.60. The quantitative estimate of drug-likeness (QED) is 0.145. The first-order chi connectivity index (χ1) is 31.0. The Kier molecular flexibility index (Phi) is 9.75. The van der Waals surface area contributed by atoms with E-state index in [2.05, 4.69) is 227 Å². The number of anilines is 1. The molecule has 11 aromatic rings. The van der Waals surface area contributed by atoms with Gasteiger partial charge in [0.05, 0.1) is 0 Å². The standard InChI is InChI=1S/C55H40N6O.Pt/c1-58(2)52-35-54(57-36-48(52)40-29-31-56-32-30-40)61-49-24-10-9-21-46(49)47-28-27-43(34-53(47)61)62-42-20-13-19-41(33-42)59-37-60(51-26-12-11-25-50(51)59)55-44(38-15-5-3-6-16-38)22-14-23-45(55)39-17-7-4-8-18-39;/h3-36H,1-2H3;. The van der Waals surface area contributed by atoms with Gasteiger partial charge < -0.3 is 4.90 Å². The summed E-state index contributed by atoms with van der Waals surface area (Å²) in [5.41, 5.74) is 14.2. The van der Waals surface area contributed by atoms with Gasteiger partial charge >= 0.3 is 294 Å². The first-order valence-electron chi connectivity index (χ1n) is 20.8. The second-order valence-electron chi connectivity index (χ2n) is 15.7. The van der Waals surface area contributed by atoms with Gasteiger partial charge in [0.2, 0.25) is 0 Å². The van der Waals surface area contributed by atoms with Gasteiger partial charge in [0.1, 0.15) is 0 Å². The Balaban J connectivity index is 1.03. The van der Waals surface area contributed by atoms with Gasteiger partial charge in [-0.2, -0.15) is 0 Å². The van der Waals surface area contributed by atoms with E-state index in [-0.39, 0.29) is 0 Å². The van der Waals surface area contributed by atoms with Crippen LogP contribution in [0.25, 0.3) is 83.4 Å². The van der Waals surface area contributed by atoms with Gasteiger partial charge in [-0.05, 0) is 17.7 Å². The Labute approximate surface area is 375 Å². The van der Waals surface area contributed by atoms with Crippen molar-refractivity contribution in [3.8, 4) is 62.1 Å². The van der Waals surface area contributed by atoms with Gasteiger partial charge in [0.25, 0.3) is 0 Å². The summed E-state index contributed by atoms with van der Waals surface area (Å²) in [4.78, 5) is 11.4. The molecule has 8 heteroatoms. The summed E-state index contributed by atoms with van der Waals surface area (Å²) in [6, 6.07) is 66.0. The molecule has 0 amide bonds. The summed E-state index contributed by atoms with van der Waals surface area (Å²) in [5, 5.41) is 2.28. The van der Waals surface area contributed by atoms with Crippen LogP contribution >= 0.6 is 0 Å². The van der Waals surface area contributed by atoms with Crippen LogP contribution in [0.15, 0.2) is 207 Å². The number of rotatable bonds is 9. The molecule has 0 fully saturated rings. The minimum absolute atomic E-state index is 0.733. The maximum absolute atomic E-state index is 6.80. The van der Waals surface area contributed by atoms with Crippen molar-refractivity contribution < 1.29 is 24.1 Å². The summed E-state index contributed by atoms with van der Waals surface area (Å²) in [5.74, 6) is 2.30. The summed E-state index contributed by atoms with van der Waals surface area (Å²) >= 11 is 2.49. The van der Waals surface area contributed by atoms with Gasteiger partial charge in [-0.15, -0.1) is 0 Å². The predicted molar refractivity (Wildman–Crippen MR) is 253 cm³/mol. The number of aromatic nitrogens is 5. The van der Waals surface area contributed by atoms with Crippen LogP contribution in [0.1, 0.15) is 0 Å². The second kappa shape index (κ2) is 16.0. The third kappa shape index (κ3) is 6.78. The van der Waals surface area contributed by atoms with Gasteiger partial charge in [-0.3, -0.25) is 4.98 Å². The van der Waals surface area contributed by atoms with Crippen LogP contribution in [-0.4, -0.2) is 37.8 Å². The molecule has 0 aliphatic rings. The minimum atomic E-state index is 0.733. The number of hydrogen-bond acceptors (Lipinski definition) is 4. The Morgan fingerprint density at radius 1 is 0.476 bits per heavy atom. The van der Waals surface area contributed by atoms with Crippen molar-refractivity contribution >= 4 is 38.5 Å². The zero-order chi connectivity index (χ0) is 42.4. The topological polar surface area (TPSA) is 53.0 Å². The molecule has 0 bridgehead atoms. The molecule has 4 aromatic heterocycles. The normalized spacial score (nSPS) is 11.4. The van der Waals surface area contributed by atoms with E-state index in [1.54, 1.807) is 0 Å². The first kappa shape index (κ1) is 38.3. The summed E-state index contributed by atoms with van der Waals surface area (Å²) in [7, 11) is 4.14. The second-order valence-corrected chi connectivity index (χ2v) is 16.7. The van der Waals surface area contributed by atoms with Crippen molar-refractivity contribution in [3.63, 3.8) is 0 Å². The molecule has 0 aliphatic heterocycles. The number of imidazole rings is 1. The van der Waals surface area contributed by atoms with E-state index in [1.807, 2.05) is 36.8 Å². The van der Waals surface area contributed by atoms with Crippen molar-refractivity contribution in [1.29, 1.82) is 0 Å². The average Bonchev–Trinajstić information content (AvgIpc) is 3.82. The van der Waals surface area contributed by atoms with Crippen LogP contribution in [0.5, 0.6) is 11.5 Å². The molecule has 0 N–H and O–H groups in total. The molecule has 0 atom stereocenters. The average molecular weight is 996 g/mol. The molecule has 63 heavy (non-hydrogen) atoms. The number of nitrogens with zero attached hydrogens (tertiary/aromatic N) is 6. The van der Waals surface area contributed by atoms with Crippen LogP contribution in [0.4, 0.5) is 5.69 Å². The monoisotopic (exact) mass is 995 g/mol. The number of hydrogen-bond donors (Lipinski definition) is 0. The molecule has 4 heterocycles. The zero-order valence-corrected chi connectivity index (χ0v) is 36.8. The maximum atomic E-state index is 6.80. The number of fused-ring (bicyclic) bond motifs is 4. The predicted octanol–water partition coefficient (Wildman–Crippen LogP) is 13.2. The molecule has 0 saturated heterocycles. The van der Waals surface area contributed by atoms with E-state index in [1.165, 1.54) is 0 Å². The van der Waals surface area contributed by atoms with Gasteiger partial charge in [-0.25, -0.2) is 0 Å². The van der Waals surface area contributed by atoms with Crippen LogP contribution in [-0.2, 0) is 19.4 Å². The minimum Gasteiger partial charge on any atom is -0.265 e. The molecule has 7 nitrogen and oxygen atoms in total. The fraction of sp³-hybridized carbons (Fsp3) is 0.0364. The van der Waals surface area contributed by atoms with Crippen molar-refractivity contribution in [2.45, 2.75) is 0 Å². The first-order valence-corrected chi connectivity index (χ1v) is 22.0. The molecule has 0 unspecified atom stereocenters. The zero-order valence-electron chi connectivity index (χ0n) is 34.5. The third-order valence-corrected chi connectivity index (χ3v) is 12.7. The summed E-state index contributed by atoms with van der Waals surface area (Å²) in [6.45, 7) is 0. The van der Waals surface area contributed by atoms with Crippen molar-refractivity contribution in [3.05, 3.63) is 210 Å². The molecule has 306 valence electrons. The molecule has 0 saturated carbocycles. The number of para-hydroxylation sites is 4. The fourth-order valence-corrected chi connectivity index (χ4v) is 9.91. The van der Waals surface area contributed by atoms with E-state index in [0.29, 0.717) is 0 Å². The van der Waals surface area contributed by atoms with Crippen molar-refractivity contribution in [1.82, 2.24) is 23.7 Å². The molecule has 0 aliphatic carbocycles. The number of ether oxygens (including phenoxy) is 1. The van der Waals surface area contributed by atoms with Crippen LogP contribution < -0.4 is 9.64 Å². The van der Waals surface area contributed by atoms with E-state index in [4.69, 9.17) is 9.72 Å². The Morgan fingerprint density at radius 3 is 1.76 bits per heavy atom. The van der Waals surface area contributed by atoms with Gasteiger partial charge in [0.15, 0.2) is 0 Å². The van der Waals surface area contributed by atoms with Gasteiger partial charge in [-0.1, -0.05) is 12.1 Å². The Hall–Kier alpha value is -7.60. The summed E-state index contributed by atoms with van der Waals surface area (Å²) < 4.78 is 14.8. The fourth-order valence-electron chi connectivity index (χ4n) is 8.82. The van der Waals surface area contributed by atoms with Crippen LogP contribution in [0.2, 0.25) is 0 Å². The SMILES string of the molecule is CN(C)c1cc(-n2c3ccccc3c3ccc(Oc4cccc(-n5[c](=[Pt])n(-c6c(-c7ccccc7)cccc6-c6ccccc6)c6ccccc65)c4)cc32)ncc1-c1ccncc1. The van der Waals surface area contributed by atoms with E-state index < -0.39 is 0 Å². The molecule has 0 spiro atoms. The number of benzene rings is 7. The molecule has 0 radical (unpaired) electrons. The third-order valence-electron chi connectivity index (χ3n) is 11.7. The Morgan fingerprint density at radius 2 is 1.06 bits per heavy atom. The van der Waals surface area contributed by atoms with Crippen molar-refractivity contribution in [2.75, 3.05) is 19.0 Å². The van der Waals surface area contributed by atoms with Crippen molar-refractivity contribution in [2.24, 2.45) is 0 Å². The van der Waals surface area contributed by atoms with Crippen LogP contribution in [0, 0.1) is 3.80 Å². The van der Waals surface area contributed by atoms with E-state index in [9.17, 15) is 0 Å². The number of pyridine rings is 2. The van der Waals surface area contributed by atoms with E-state index in [0.717, 1.165) is 104 Å². The van der Waals surface area contributed by atoms with Crippen LogP contribution in [0.3, 0.4) is 0 Å². The Bertz CT molecular complexity index is 3480. The molecule has 7 aromatic carbocycles. The smallest absolute Gasteiger partial charge is 0.265 e.